The van der Waals surface area contributed by atoms with Gasteiger partial charge in [0.25, 0.3) is 0 Å². The predicted molar refractivity (Wildman–Crippen MR) is 88.1 cm³/mol. The predicted octanol–water partition coefficient (Wildman–Crippen LogP) is 3.48. The van der Waals surface area contributed by atoms with E-state index >= 15 is 0 Å². The first-order valence-electron chi connectivity index (χ1n) is 8.40. The molecule has 1 aromatic carbocycles. The number of amides is 1. The summed E-state index contributed by atoms with van der Waals surface area (Å²) in [6.07, 6.45) is -4.44. The van der Waals surface area contributed by atoms with Gasteiger partial charge in [-0.25, -0.2) is 4.39 Å². The van der Waals surface area contributed by atoms with Crippen molar-refractivity contribution in [1.29, 1.82) is 0 Å². The van der Waals surface area contributed by atoms with Crippen molar-refractivity contribution in [3.05, 3.63) is 30.1 Å². The summed E-state index contributed by atoms with van der Waals surface area (Å²) >= 11 is 0. The zero-order chi connectivity index (χ0) is 19.8. The molecule has 1 saturated heterocycles. The first-order chi connectivity index (χ1) is 12.7. The summed E-state index contributed by atoms with van der Waals surface area (Å²) in [5.74, 6) is -2.28. The average Bonchev–Trinajstić information content (AvgIpc) is 3.21. The molecule has 146 valence electrons. The van der Waals surface area contributed by atoms with Crippen molar-refractivity contribution in [2.45, 2.75) is 38.5 Å². The minimum atomic E-state index is -4.33. The molecule has 3 rings (SSSR count). The third kappa shape index (κ3) is 4.04. The second kappa shape index (κ2) is 7.16. The fourth-order valence-corrected chi connectivity index (χ4v) is 3.17. The van der Waals surface area contributed by atoms with Gasteiger partial charge in [-0.1, -0.05) is 5.10 Å². The molecule has 3 atom stereocenters. The standard InChI is InChI=1S/C17H18F4N4O2/c1-9(15(26)25-8-7-13(10(25)2)17(19,20)21)22-16-24-23-14(27-16)11-3-5-12(18)6-4-11/h3-6,9-10,13H,7-8H2,1-2H3,(H,22,24)/t9-,10+,13+/m1/s1. The minimum absolute atomic E-state index is 0.0425. The van der Waals surface area contributed by atoms with E-state index in [4.69, 9.17) is 4.42 Å². The van der Waals surface area contributed by atoms with Gasteiger partial charge in [0.1, 0.15) is 11.9 Å². The molecule has 1 aliphatic heterocycles. The molecule has 0 spiro atoms. The maximum absolute atomic E-state index is 13.0. The van der Waals surface area contributed by atoms with Gasteiger partial charge in [0, 0.05) is 18.2 Å². The lowest BCUT2D eigenvalue weighted by Crippen LogP contribution is -2.45. The number of hydrogen-bond acceptors (Lipinski definition) is 5. The topological polar surface area (TPSA) is 71.3 Å². The molecule has 2 aromatic rings. The number of likely N-dealkylation sites (tertiary alicyclic amines) is 1. The fourth-order valence-electron chi connectivity index (χ4n) is 3.17. The van der Waals surface area contributed by atoms with Gasteiger partial charge in [0.15, 0.2) is 0 Å². The molecule has 1 fully saturated rings. The normalized spacial score (nSPS) is 21.3. The second-order valence-corrected chi connectivity index (χ2v) is 6.49. The Morgan fingerprint density at radius 2 is 1.96 bits per heavy atom. The molecule has 0 unspecified atom stereocenters. The number of carbonyl (C=O) groups excluding carboxylic acids is 1. The van der Waals surface area contributed by atoms with E-state index in [9.17, 15) is 22.4 Å². The molecule has 0 radical (unpaired) electrons. The Kier molecular flexibility index (Phi) is 5.07. The largest absolute Gasteiger partial charge is 0.403 e. The van der Waals surface area contributed by atoms with Crippen molar-refractivity contribution < 1.29 is 26.8 Å². The number of rotatable bonds is 4. The van der Waals surface area contributed by atoms with Crippen molar-refractivity contribution in [2.24, 2.45) is 5.92 Å². The maximum atomic E-state index is 13.0. The second-order valence-electron chi connectivity index (χ2n) is 6.49. The lowest BCUT2D eigenvalue weighted by atomic mass is 10.0. The van der Waals surface area contributed by atoms with Gasteiger partial charge in [0.05, 0.1) is 5.92 Å². The van der Waals surface area contributed by atoms with Crippen LogP contribution in [0.3, 0.4) is 0 Å². The molecule has 1 amide bonds. The van der Waals surface area contributed by atoms with E-state index in [1.807, 2.05) is 0 Å². The van der Waals surface area contributed by atoms with E-state index in [0.717, 1.165) is 0 Å². The van der Waals surface area contributed by atoms with Gasteiger partial charge < -0.3 is 14.6 Å². The van der Waals surface area contributed by atoms with Crippen LogP contribution in [0.4, 0.5) is 23.6 Å². The summed E-state index contributed by atoms with van der Waals surface area (Å²) in [6.45, 7) is 2.95. The maximum Gasteiger partial charge on any atom is 0.393 e. The Labute approximate surface area is 152 Å². The highest BCUT2D eigenvalue weighted by Gasteiger charge is 2.49. The molecule has 2 heterocycles. The minimum Gasteiger partial charge on any atom is -0.403 e. The lowest BCUT2D eigenvalue weighted by molar-refractivity contribution is -0.179. The number of halogens is 4. The van der Waals surface area contributed by atoms with Gasteiger partial charge in [0.2, 0.25) is 11.8 Å². The number of carbonyl (C=O) groups is 1. The molecule has 0 bridgehead atoms. The summed E-state index contributed by atoms with van der Waals surface area (Å²) in [4.78, 5) is 13.7. The summed E-state index contributed by atoms with van der Waals surface area (Å²) < 4.78 is 57.3. The number of hydrogen-bond donors (Lipinski definition) is 1. The van der Waals surface area contributed by atoms with Crippen molar-refractivity contribution in [3.8, 4) is 11.5 Å². The first kappa shape index (κ1) is 19.1. The molecule has 1 N–H and O–H groups in total. The zero-order valence-corrected chi connectivity index (χ0v) is 14.6. The summed E-state index contributed by atoms with van der Waals surface area (Å²) in [7, 11) is 0. The Balaban J connectivity index is 1.65. The van der Waals surface area contributed by atoms with Crippen molar-refractivity contribution in [1.82, 2.24) is 15.1 Å². The van der Waals surface area contributed by atoms with Crippen LogP contribution in [-0.2, 0) is 4.79 Å². The number of nitrogens with one attached hydrogen (secondary N) is 1. The van der Waals surface area contributed by atoms with Crippen LogP contribution in [0, 0.1) is 11.7 Å². The summed E-state index contributed by atoms with van der Waals surface area (Å²) in [5, 5.41) is 10.3. The van der Waals surface area contributed by atoms with Gasteiger partial charge in [-0.15, -0.1) is 5.10 Å². The van der Waals surface area contributed by atoms with E-state index in [2.05, 4.69) is 15.5 Å². The van der Waals surface area contributed by atoms with Crippen LogP contribution in [0.25, 0.3) is 11.5 Å². The van der Waals surface area contributed by atoms with Crippen LogP contribution >= 0.6 is 0 Å². The Morgan fingerprint density at radius 1 is 1.30 bits per heavy atom. The molecular formula is C17H18F4N4O2. The highest BCUT2D eigenvalue weighted by Crippen LogP contribution is 2.38. The summed E-state index contributed by atoms with van der Waals surface area (Å²) in [5.41, 5.74) is 0.497. The number of nitrogens with zero attached hydrogens (tertiary/aromatic N) is 3. The van der Waals surface area contributed by atoms with Gasteiger partial charge in [-0.3, -0.25) is 4.79 Å². The lowest BCUT2D eigenvalue weighted by Gasteiger charge is -2.28. The molecule has 1 aromatic heterocycles. The van der Waals surface area contributed by atoms with Crippen LogP contribution in [0.15, 0.2) is 28.7 Å². The quantitative estimate of drug-likeness (QED) is 0.815. The third-order valence-corrected chi connectivity index (χ3v) is 4.69. The van der Waals surface area contributed by atoms with E-state index < -0.39 is 35.9 Å². The Bertz CT molecular complexity index is 806. The van der Waals surface area contributed by atoms with Gasteiger partial charge in [-0.2, -0.15) is 13.2 Å². The molecular weight excluding hydrogens is 368 g/mol. The number of benzene rings is 1. The monoisotopic (exact) mass is 386 g/mol. The van der Waals surface area contributed by atoms with E-state index in [1.54, 1.807) is 0 Å². The highest BCUT2D eigenvalue weighted by molar-refractivity contribution is 5.84. The zero-order valence-electron chi connectivity index (χ0n) is 14.6. The molecule has 0 aliphatic carbocycles. The number of alkyl halides is 3. The highest BCUT2D eigenvalue weighted by atomic mass is 19.4. The number of anilines is 1. The van der Waals surface area contributed by atoms with Gasteiger partial charge in [-0.05, 0) is 44.5 Å². The van der Waals surface area contributed by atoms with Crippen molar-refractivity contribution >= 4 is 11.9 Å². The smallest absolute Gasteiger partial charge is 0.393 e. The molecule has 0 saturated carbocycles. The van der Waals surface area contributed by atoms with Gasteiger partial charge >= 0.3 is 12.2 Å². The fraction of sp³-hybridized carbons (Fsp3) is 0.471. The Hall–Kier alpha value is -2.65. The van der Waals surface area contributed by atoms with Crippen LogP contribution in [0.1, 0.15) is 20.3 Å². The van der Waals surface area contributed by atoms with Crippen molar-refractivity contribution in [2.75, 3.05) is 11.9 Å². The first-order valence-corrected chi connectivity index (χ1v) is 8.40. The van der Waals surface area contributed by atoms with E-state index in [1.165, 1.54) is 43.0 Å². The SMILES string of the molecule is C[C@@H](Nc1nnc(-c2ccc(F)cc2)o1)C(=O)N1CC[C@H](C(F)(F)F)[C@@H]1C. The van der Waals surface area contributed by atoms with Crippen LogP contribution in [0.2, 0.25) is 0 Å². The van der Waals surface area contributed by atoms with E-state index in [0.29, 0.717) is 5.56 Å². The van der Waals surface area contributed by atoms with Crippen LogP contribution in [0.5, 0.6) is 0 Å². The molecule has 10 heteroatoms. The summed E-state index contributed by atoms with van der Waals surface area (Å²) in [6, 6.07) is 3.58. The molecule has 6 nitrogen and oxygen atoms in total. The van der Waals surface area contributed by atoms with E-state index in [-0.39, 0.29) is 24.9 Å². The number of aromatic nitrogens is 2. The molecule has 27 heavy (non-hydrogen) atoms. The molecule has 1 aliphatic rings. The average molecular weight is 386 g/mol. The van der Waals surface area contributed by atoms with Crippen LogP contribution in [-0.4, -0.2) is 45.8 Å². The van der Waals surface area contributed by atoms with Crippen molar-refractivity contribution in [3.63, 3.8) is 0 Å². The van der Waals surface area contributed by atoms with Crippen LogP contribution < -0.4 is 5.32 Å². The third-order valence-electron chi connectivity index (χ3n) is 4.69. The Morgan fingerprint density at radius 3 is 2.56 bits per heavy atom.